The number of alkyl halides is 1. The highest BCUT2D eigenvalue weighted by atomic mass is 35.5. The molecule has 2 N–H and O–H groups in total. The lowest BCUT2D eigenvalue weighted by Crippen LogP contribution is -2.22. The Labute approximate surface area is 145 Å². The van der Waals surface area contributed by atoms with Crippen molar-refractivity contribution in [3.63, 3.8) is 0 Å². The minimum atomic E-state index is -3.28. The van der Waals surface area contributed by atoms with Gasteiger partial charge in [0, 0.05) is 19.0 Å². The Bertz CT molecular complexity index is 556. The summed E-state index contributed by atoms with van der Waals surface area (Å²) in [5, 5.41) is 10.6. The van der Waals surface area contributed by atoms with E-state index in [0.717, 1.165) is 12.8 Å². The van der Waals surface area contributed by atoms with Crippen LogP contribution in [0.15, 0.2) is 16.5 Å². The van der Waals surface area contributed by atoms with Crippen molar-refractivity contribution in [1.82, 2.24) is 4.67 Å². The second kappa shape index (κ2) is 10.8. The van der Waals surface area contributed by atoms with E-state index in [1.807, 2.05) is 0 Å². The number of furan rings is 1. The van der Waals surface area contributed by atoms with Gasteiger partial charge in [-0.3, -0.25) is 14.7 Å². The van der Waals surface area contributed by atoms with Gasteiger partial charge in [0.1, 0.15) is 23.6 Å². The predicted molar refractivity (Wildman–Crippen MR) is 90.2 cm³/mol. The van der Waals surface area contributed by atoms with E-state index in [0.29, 0.717) is 19.0 Å². The van der Waals surface area contributed by atoms with E-state index in [4.69, 9.17) is 31.0 Å². The van der Waals surface area contributed by atoms with Crippen molar-refractivity contribution in [2.75, 3.05) is 39.0 Å². The fourth-order valence-corrected chi connectivity index (χ4v) is 3.58. The Kier molecular flexibility index (Phi) is 9.50. The Hall–Kier alpha value is -0.960. The highest BCUT2D eigenvalue weighted by molar-refractivity contribution is 7.56. The molecule has 1 aromatic heterocycles. The molecule has 0 radical (unpaired) electrons. The molecular formula is C13H23ClN3O6P. The molecule has 1 aromatic rings. The van der Waals surface area contributed by atoms with Crippen LogP contribution in [0, 0.1) is 10.1 Å². The third kappa shape index (κ3) is 6.88. The molecule has 1 heterocycles. The number of nitrogens with two attached hydrogens (primary N) is 1. The summed E-state index contributed by atoms with van der Waals surface area (Å²) in [5.74, 6) is 0.354. The van der Waals surface area contributed by atoms with Crippen LogP contribution >= 0.6 is 19.1 Å². The van der Waals surface area contributed by atoms with E-state index in [2.05, 4.69) is 0 Å². The first-order chi connectivity index (χ1) is 11.4. The molecule has 0 bridgehead atoms. The van der Waals surface area contributed by atoms with E-state index in [9.17, 15) is 14.7 Å². The Balaban J connectivity index is 2.68. The fourth-order valence-electron chi connectivity index (χ4n) is 1.79. The summed E-state index contributed by atoms with van der Waals surface area (Å²) >= 11 is 5.65. The summed E-state index contributed by atoms with van der Waals surface area (Å²) in [7, 11) is -1.61. The quantitative estimate of drug-likeness (QED) is 0.181. The fraction of sp³-hybridized carbons (Fsp3) is 0.692. The molecule has 0 aliphatic carbocycles. The van der Waals surface area contributed by atoms with Gasteiger partial charge in [0.15, 0.2) is 0 Å². The topological polar surface area (TPSA) is 121 Å². The minimum absolute atomic E-state index is 0.121. The van der Waals surface area contributed by atoms with E-state index < -0.39 is 18.3 Å². The molecule has 1 rings (SSSR count). The van der Waals surface area contributed by atoms with Gasteiger partial charge in [0.25, 0.3) is 7.52 Å². The van der Waals surface area contributed by atoms with Crippen molar-refractivity contribution >= 4 is 25.0 Å². The maximum absolute atomic E-state index is 13.0. The van der Waals surface area contributed by atoms with Crippen LogP contribution in [-0.2, 0) is 20.4 Å². The van der Waals surface area contributed by atoms with Crippen LogP contribution in [0.25, 0.3) is 0 Å². The van der Waals surface area contributed by atoms with Gasteiger partial charge in [-0.25, -0.2) is 4.67 Å². The third-order valence-electron chi connectivity index (χ3n) is 3.14. The van der Waals surface area contributed by atoms with Gasteiger partial charge in [-0.05, 0) is 26.0 Å². The lowest BCUT2D eigenvalue weighted by atomic mass is 10.3. The number of halogens is 1. The maximum atomic E-state index is 13.0. The highest BCUT2D eigenvalue weighted by Gasteiger charge is 2.30. The van der Waals surface area contributed by atoms with Crippen LogP contribution in [-0.4, -0.2) is 48.6 Å². The van der Waals surface area contributed by atoms with Crippen LogP contribution in [0.1, 0.15) is 18.6 Å². The average molecular weight is 384 g/mol. The molecule has 1 atom stereocenters. The number of ether oxygens (including phenoxy) is 1. The molecule has 24 heavy (non-hydrogen) atoms. The molecule has 0 fully saturated rings. The first kappa shape index (κ1) is 21.1. The molecule has 138 valence electrons. The van der Waals surface area contributed by atoms with Crippen molar-refractivity contribution in [2.24, 2.45) is 5.73 Å². The van der Waals surface area contributed by atoms with Crippen LogP contribution in [0.3, 0.4) is 0 Å². The lowest BCUT2D eigenvalue weighted by molar-refractivity contribution is -0.402. The Morgan fingerprint density at radius 2 is 2.21 bits per heavy atom. The average Bonchev–Trinajstić information content (AvgIpc) is 3.02. The standard InChI is InChI=1S/C13H23ClN3O6P/c1-16(8-3-2-6-14)24(20,11-21-9-7-15)22-10-12-4-5-13(23-12)17(18)19/h4-5H,2-3,6-11,15H2,1H3. The minimum Gasteiger partial charge on any atom is -0.403 e. The van der Waals surface area contributed by atoms with E-state index in [1.165, 1.54) is 12.1 Å². The first-order valence-electron chi connectivity index (χ1n) is 7.45. The van der Waals surface area contributed by atoms with Crippen LogP contribution < -0.4 is 5.73 Å². The largest absolute Gasteiger partial charge is 0.433 e. The molecular weight excluding hydrogens is 361 g/mol. The van der Waals surface area contributed by atoms with Gasteiger partial charge in [-0.1, -0.05) is 0 Å². The second-order valence-electron chi connectivity index (χ2n) is 5.01. The molecule has 11 heteroatoms. The van der Waals surface area contributed by atoms with Crippen molar-refractivity contribution in [1.29, 1.82) is 0 Å². The zero-order valence-electron chi connectivity index (χ0n) is 13.6. The molecule has 0 spiro atoms. The molecule has 0 saturated carbocycles. The summed E-state index contributed by atoms with van der Waals surface area (Å²) in [4.78, 5) is 9.96. The van der Waals surface area contributed by atoms with Gasteiger partial charge in [-0.15, -0.1) is 11.6 Å². The van der Waals surface area contributed by atoms with Crippen molar-refractivity contribution in [3.8, 4) is 0 Å². The van der Waals surface area contributed by atoms with Gasteiger partial charge in [0.2, 0.25) is 0 Å². The third-order valence-corrected chi connectivity index (χ3v) is 5.69. The van der Waals surface area contributed by atoms with Crippen molar-refractivity contribution in [3.05, 3.63) is 28.0 Å². The van der Waals surface area contributed by atoms with Crippen LogP contribution in [0.4, 0.5) is 5.88 Å². The monoisotopic (exact) mass is 383 g/mol. The summed E-state index contributed by atoms with van der Waals surface area (Å²) in [6, 6.07) is 2.63. The molecule has 9 nitrogen and oxygen atoms in total. The highest BCUT2D eigenvalue weighted by Crippen LogP contribution is 2.50. The van der Waals surface area contributed by atoms with Crippen molar-refractivity contribution in [2.45, 2.75) is 19.4 Å². The number of rotatable bonds is 13. The number of unbranched alkanes of at least 4 members (excludes halogenated alkanes) is 1. The molecule has 0 aliphatic rings. The molecule has 0 aliphatic heterocycles. The van der Waals surface area contributed by atoms with Gasteiger partial charge < -0.3 is 19.4 Å². The number of nitro groups is 1. The van der Waals surface area contributed by atoms with Gasteiger partial charge >= 0.3 is 5.88 Å². The smallest absolute Gasteiger partial charge is 0.403 e. The second-order valence-corrected chi connectivity index (χ2v) is 7.86. The summed E-state index contributed by atoms with van der Waals surface area (Å²) in [6.07, 6.45) is 1.43. The first-order valence-corrected chi connectivity index (χ1v) is 9.74. The lowest BCUT2D eigenvalue weighted by Gasteiger charge is -2.27. The van der Waals surface area contributed by atoms with E-state index >= 15 is 0 Å². The molecule has 0 saturated heterocycles. The Morgan fingerprint density at radius 1 is 1.46 bits per heavy atom. The zero-order valence-corrected chi connectivity index (χ0v) is 15.2. The molecule has 0 aromatic carbocycles. The summed E-state index contributed by atoms with van der Waals surface area (Å²) in [5.41, 5.74) is 5.37. The summed E-state index contributed by atoms with van der Waals surface area (Å²) < 4.78 is 30.4. The van der Waals surface area contributed by atoms with Gasteiger partial charge in [-0.2, -0.15) is 0 Å². The van der Waals surface area contributed by atoms with Gasteiger partial charge in [0.05, 0.1) is 12.7 Å². The van der Waals surface area contributed by atoms with Crippen LogP contribution in [0.2, 0.25) is 0 Å². The van der Waals surface area contributed by atoms with E-state index in [-0.39, 0.29) is 25.3 Å². The predicted octanol–water partition coefficient (Wildman–Crippen LogP) is 2.78. The normalized spacial score (nSPS) is 14.0. The summed E-state index contributed by atoms with van der Waals surface area (Å²) in [6.45, 7) is 0.931. The zero-order chi connectivity index (χ0) is 18.0. The van der Waals surface area contributed by atoms with Crippen molar-refractivity contribution < 1.29 is 23.2 Å². The molecule has 1 unspecified atom stereocenters. The van der Waals surface area contributed by atoms with E-state index in [1.54, 1.807) is 11.7 Å². The molecule has 0 amide bonds. The Morgan fingerprint density at radius 3 is 2.79 bits per heavy atom. The maximum Gasteiger partial charge on any atom is 0.433 e. The number of hydrogen-bond acceptors (Lipinski definition) is 7. The number of nitrogens with zero attached hydrogens (tertiary/aromatic N) is 2. The number of hydrogen-bond donors (Lipinski definition) is 1. The SMILES string of the molecule is CN(CCCCCl)P(=O)(COCCN)OCc1ccc([N+](=O)[O-])o1. The van der Waals surface area contributed by atoms with Crippen LogP contribution in [0.5, 0.6) is 0 Å².